The van der Waals surface area contributed by atoms with Gasteiger partial charge in [-0.05, 0) is 24.1 Å². The summed E-state index contributed by atoms with van der Waals surface area (Å²) in [6, 6.07) is 8.88. The average Bonchev–Trinajstić information content (AvgIpc) is 2.53. The summed E-state index contributed by atoms with van der Waals surface area (Å²) in [6.45, 7) is 8.18. The highest BCUT2D eigenvalue weighted by atomic mass is 16.1. The van der Waals surface area contributed by atoms with Gasteiger partial charge < -0.3 is 10.6 Å². The fourth-order valence-corrected chi connectivity index (χ4v) is 3.13. The summed E-state index contributed by atoms with van der Waals surface area (Å²) in [4.78, 5) is 13.7. The van der Waals surface area contributed by atoms with Crippen LogP contribution in [0.15, 0.2) is 24.3 Å². The number of anilines is 1. The van der Waals surface area contributed by atoms with E-state index in [2.05, 4.69) is 34.6 Å². The molecular formula is C18H29N3O. The summed E-state index contributed by atoms with van der Waals surface area (Å²) in [5.41, 5.74) is 2.25. The third-order valence-corrected chi connectivity index (χ3v) is 4.29. The van der Waals surface area contributed by atoms with Crippen molar-refractivity contribution in [1.29, 1.82) is 0 Å². The molecule has 4 nitrogen and oxygen atoms in total. The summed E-state index contributed by atoms with van der Waals surface area (Å²) in [7, 11) is 0. The lowest BCUT2D eigenvalue weighted by molar-refractivity contribution is -0.114. The van der Waals surface area contributed by atoms with E-state index in [1.54, 1.807) is 6.92 Å². The normalized spacial score (nSPS) is 17.2. The Morgan fingerprint density at radius 3 is 2.50 bits per heavy atom. The van der Waals surface area contributed by atoms with E-state index in [0.717, 1.165) is 31.9 Å². The Morgan fingerprint density at radius 2 is 1.91 bits per heavy atom. The van der Waals surface area contributed by atoms with Crippen molar-refractivity contribution in [2.75, 3.05) is 31.5 Å². The lowest BCUT2D eigenvalue weighted by Gasteiger charge is -2.35. The van der Waals surface area contributed by atoms with Crippen molar-refractivity contribution < 1.29 is 4.79 Å². The van der Waals surface area contributed by atoms with Crippen LogP contribution in [0, 0.1) is 0 Å². The molecule has 0 spiro atoms. The van der Waals surface area contributed by atoms with Gasteiger partial charge in [-0.3, -0.25) is 9.69 Å². The van der Waals surface area contributed by atoms with Gasteiger partial charge in [0.05, 0.1) is 0 Å². The zero-order valence-corrected chi connectivity index (χ0v) is 13.9. The zero-order chi connectivity index (χ0) is 15.8. The predicted molar refractivity (Wildman–Crippen MR) is 92.1 cm³/mol. The average molecular weight is 303 g/mol. The van der Waals surface area contributed by atoms with Gasteiger partial charge in [0, 0.05) is 44.8 Å². The molecule has 122 valence electrons. The summed E-state index contributed by atoms with van der Waals surface area (Å²) < 4.78 is 0. The molecule has 0 bridgehead atoms. The van der Waals surface area contributed by atoms with Crippen LogP contribution in [0.3, 0.4) is 0 Å². The van der Waals surface area contributed by atoms with Crippen molar-refractivity contribution in [2.45, 2.75) is 45.6 Å². The minimum atomic E-state index is -0.0191. The minimum Gasteiger partial charge on any atom is -0.326 e. The van der Waals surface area contributed by atoms with E-state index in [0.29, 0.717) is 6.04 Å². The van der Waals surface area contributed by atoms with Crippen LogP contribution in [0.4, 0.5) is 5.69 Å². The predicted octanol–water partition coefficient (Wildman–Crippen LogP) is 3.17. The van der Waals surface area contributed by atoms with Crippen molar-refractivity contribution in [2.24, 2.45) is 0 Å². The van der Waals surface area contributed by atoms with Crippen LogP contribution in [-0.4, -0.2) is 37.0 Å². The first-order chi connectivity index (χ1) is 10.7. The van der Waals surface area contributed by atoms with E-state index in [-0.39, 0.29) is 5.91 Å². The van der Waals surface area contributed by atoms with Gasteiger partial charge in [0.25, 0.3) is 0 Å². The Labute approximate surface area is 134 Å². The van der Waals surface area contributed by atoms with E-state index >= 15 is 0 Å². The molecule has 1 saturated heterocycles. The van der Waals surface area contributed by atoms with Gasteiger partial charge in [0.2, 0.25) is 5.91 Å². The maximum absolute atomic E-state index is 11.1. The molecule has 1 aromatic rings. The molecule has 0 saturated carbocycles. The standard InChI is InChI=1S/C18H29N3O/c1-3-4-5-6-18(21-13-11-19-12-14-21)16-7-9-17(10-8-16)20-15(2)22/h7-10,18-19H,3-6,11-14H2,1-2H3,(H,20,22)/t18-/m1/s1. The third kappa shape index (κ3) is 5.11. The summed E-state index contributed by atoms with van der Waals surface area (Å²) >= 11 is 0. The fraction of sp³-hybridized carbons (Fsp3) is 0.611. The highest BCUT2D eigenvalue weighted by Crippen LogP contribution is 2.28. The van der Waals surface area contributed by atoms with Crippen molar-refractivity contribution in [3.63, 3.8) is 0 Å². The maximum atomic E-state index is 11.1. The Bertz CT molecular complexity index is 452. The fourth-order valence-electron chi connectivity index (χ4n) is 3.13. The van der Waals surface area contributed by atoms with Gasteiger partial charge in [-0.25, -0.2) is 0 Å². The van der Waals surface area contributed by atoms with E-state index < -0.39 is 0 Å². The van der Waals surface area contributed by atoms with E-state index in [1.807, 2.05) is 12.1 Å². The second kappa shape index (κ2) is 8.91. The van der Waals surface area contributed by atoms with Crippen molar-refractivity contribution in [1.82, 2.24) is 10.2 Å². The summed E-state index contributed by atoms with van der Waals surface area (Å²) in [5, 5.41) is 6.27. The number of amides is 1. The van der Waals surface area contributed by atoms with Crippen LogP contribution in [-0.2, 0) is 4.79 Å². The van der Waals surface area contributed by atoms with Gasteiger partial charge in [0.1, 0.15) is 0 Å². The minimum absolute atomic E-state index is 0.0191. The highest BCUT2D eigenvalue weighted by Gasteiger charge is 2.21. The molecule has 4 heteroatoms. The molecule has 2 rings (SSSR count). The SMILES string of the molecule is CCCCC[C@H](c1ccc(NC(C)=O)cc1)N1CCNCC1. The second-order valence-electron chi connectivity index (χ2n) is 6.10. The van der Waals surface area contributed by atoms with Crippen molar-refractivity contribution in [3.8, 4) is 0 Å². The molecule has 0 unspecified atom stereocenters. The number of benzene rings is 1. The number of unbranched alkanes of at least 4 members (excludes halogenated alkanes) is 2. The van der Waals surface area contributed by atoms with Gasteiger partial charge in [-0.15, -0.1) is 0 Å². The zero-order valence-electron chi connectivity index (χ0n) is 13.9. The smallest absolute Gasteiger partial charge is 0.221 e. The van der Waals surface area contributed by atoms with Crippen LogP contribution in [0.25, 0.3) is 0 Å². The molecule has 0 aliphatic carbocycles. The molecule has 1 fully saturated rings. The molecule has 1 aliphatic heterocycles. The molecular weight excluding hydrogens is 274 g/mol. The van der Waals surface area contributed by atoms with Crippen LogP contribution in [0.1, 0.15) is 51.1 Å². The summed E-state index contributed by atoms with van der Waals surface area (Å²) in [6.07, 6.45) is 5.05. The molecule has 0 radical (unpaired) electrons. The summed E-state index contributed by atoms with van der Waals surface area (Å²) in [5.74, 6) is -0.0191. The Hall–Kier alpha value is -1.39. The number of hydrogen-bond acceptors (Lipinski definition) is 3. The quantitative estimate of drug-likeness (QED) is 0.761. The van der Waals surface area contributed by atoms with Crippen molar-refractivity contribution >= 4 is 11.6 Å². The van der Waals surface area contributed by atoms with Crippen LogP contribution in [0.2, 0.25) is 0 Å². The molecule has 22 heavy (non-hydrogen) atoms. The van der Waals surface area contributed by atoms with Crippen LogP contribution in [0.5, 0.6) is 0 Å². The number of nitrogens with one attached hydrogen (secondary N) is 2. The first kappa shape index (κ1) is 17.0. The lowest BCUT2D eigenvalue weighted by Crippen LogP contribution is -2.45. The molecule has 1 aromatic carbocycles. The van der Waals surface area contributed by atoms with E-state index in [9.17, 15) is 4.79 Å². The number of carbonyl (C=O) groups is 1. The maximum Gasteiger partial charge on any atom is 0.221 e. The van der Waals surface area contributed by atoms with Gasteiger partial charge >= 0.3 is 0 Å². The molecule has 2 N–H and O–H groups in total. The topological polar surface area (TPSA) is 44.4 Å². The number of nitrogens with zero attached hydrogens (tertiary/aromatic N) is 1. The van der Waals surface area contributed by atoms with Crippen LogP contribution < -0.4 is 10.6 Å². The van der Waals surface area contributed by atoms with Crippen molar-refractivity contribution in [3.05, 3.63) is 29.8 Å². The number of piperazine rings is 1. The first-order valence-corrected chi connectivity index (χ1v) is 8.53. The second-order valence-corrected chi connectivity index (χ2v) is 6.10. The first-order valence-electron chi connectivity index (χ1n) is 8.53. The lowest BCUT2D eigenvalue weighted by atomic mass is 9.98. The molecule has 1 amide bonds. The van der Waals surface area contributed by atoms with Gasteiger partial charge in [-0.1, -0.05) is 38.3 Å². The molecule has 1 atom stereocenters. The van der Waals surface area contributed by atoms with E-state index in [4.69, 9.17) is 0 Å². The molecule has 1 heterocycles. The highest BCUT2D eigenvalue weighted by molar-refractivity contribution is 5.88. The number of hydrogen-bond donors (Lipinski definition) is 2. The molecule has 0 aromatic heterocycles. The number of carbonyl (C=O) groups excluding carboxylic acids is 1. The van der Waals surface area contributed by atoms with Gasteiger partial charge in [0.15, 0.2) is 0 Å². The molecule has 1 aliphatic rings. The Balaban J connectivity index is 2.06. The van der Waals surface area contributed by atoms with E-state index in [1.165, 1.54) is 31.2 Å². The van der Waals surface area contributed by atoms with Gasteiger partial charge in [-0.2, -0.15) is 0 Å². The third-order valence-electron chi connectivity index (χ3n) is 4.29. The largest absolute Gasteiger partial charge is 0.326 e. The Kier molecular flexibility index (Phi) is 6.87. The number of rotatable bonds is 7. The monoisotopic (exact) mass is 303 g/mol. The Morgan fingerprint density at radius 1 is 1.23 bits per heavy atom. The van der Waals surface area contributed by atoms with Crippen LogP contribution >= 0.6 is 0 Å².